The molecule has 0 aliphatic carbocycles. The monoisotopic (exact) mass is 290 g/mol. The average Bonchev–Trinajstić information content (AvgIpc) is 2.20. The quantitative estimate of drug-likeness (QED) is 0.629. The second-order valence-electron chi connectivity index (χ2n) is 5.97. The van der Waals surface area contributed by atoms with Gasteiger partial charge in [-0.25, -0.2) is 4.79 Å². The summed E-state index contributed by atoms with van der Waals surface area (Å²) in [7, 11) is 0. The maximum Gasteiger partial charge on any atom is 0.326 e. The summed E-state index contributed by atoms with van der Waals surface area (Å²) in [4.78, 5) is 22.8. The van der Waals surface area contributed by atoms with Crippen LogP contribution in [-0.2, 0) is 9.59 Å². The minimum Gasteiger partial charge on any atom is -0.480 e. The van der Waals surface area contributed by atoms with Crippen LogP contribution < -0.4 is 11.1 Å². The largest absolute Gasteiger partial charge is 0.480 e. The van der Waals surface area contributed by atoms with Crippen molar-refractivity contribution in [3.05, 3.63) is 0 Å². The Morgan fingerprint density at radius 3 is 2.37 bits per heavy atom. The van der Waals surface area contributed by atoms with Gasteiger partial charge in [-0.2, -0.15) is 11.8 Å². The van der Waals surface area contributed by atoms with E-state index in [1.54, 1.807) is 11.8 Å². The maximum absolute atomic E-state index is 11.8. The van der Waals surface area contributed by atoms with Crippen molar-refractivity contribution in [3.63, 3.8) is 0 Å². The van der Waals surface area contributed by atoms with Gasteiger partial charge in [-0.1, -0.05) is 20.8 Å². The third kappa shape index (κ3) is 9.78. The van der Waals surface area contributed by atoms with Gasteiger partial charge in [-0.05, 0) is 30.3 Å². The first-order valence-electron chi connectivity index (χ1n) is 6.42. The molecule has 0 saturated heterocycles. The van der Waals surface area contributed by atoms with Crippen molar-refractivity contribution in [2.45, 2.75) is 52.1 Å². The summed E-state index contributed by atoms with van der Waals surface area (Å²) in [5, 5.41) is 11.6. The number of hydrogen-bond donors (Lipinski definition) is 3. The van der Waals surface area contributed by atoms with Gasteiger partial charge in [-0.15, -0.1) is 0 Å². The molecule has 6 heteroatoms. The van der Waals surface area contributed by atoms with E-state index in [0.29, 0.717) is 12.2 Å². The Bertz CT molecular complexity index is 303. The van der Waals surface area contributed by atoms with Crippen LogP contribution in [0.3, 0.4) is 0 Å². The summed E-state index contributed by atoms with van der Waals surface area (Å²) < 4.78 is 0. The number of nitrogens with two attached hydrogens (primary N) is 1. The number of aliphatic carboxylic acids is 1. The van der Waals surface area contributed by atoms with Crippen molar-refractivity contribution in [2.75, 3.05) is 12.0 Å². The van der Waals surface area contributed by atoms with Crippen molar-refractivity contribution in [2.24, 2.45) is 11.1 Å². The molecule has 0 aliphatic heterocycles. The smallest absolute Gasteiger partial charge is 0.326 e. The van der Waals surface area contributed by atoms with Gasteiger partial charge in [0.2, 0.25) is 5.91 Å². The van der Waals surface area contributed by atoms with Crippen LogP contribution in [0, 0.1) is 5.41 Å². The number of hydrogen-bond acceptors (Lipinski definition) is 4. The first-order chi connectivity index (χ1) is 8.65. The zero-order valence-corrected chi connectivity index (χ0v) is 13.0. The number of carboxylic acids is 1. The molecule has 2 atom stereocenters. The first-order valence-corrected chi connectivity index (χ1v) is 7.82. The van der Waals surface area contributed by atoms with E-state index in [2.05, 4.69) is 26.1 Å². The fourth-order valence-electron chi connectivity index (χ4n) is 1.84. The van der Waals surface area contributed by atoms with Gasteiger partial charge in [0.15, 0.2) is 0 Å². The molecule has 0 aromatic heterocycles. The number of carbonyl (C=O) groups is 2. The van der Waals surface area contributed by atoms with Gasteiger partial charge in [0.25, 0.3) is 0 Å². The van der Waals surface area contributed by atoms with Gasteiger partial charge in [-0.3, -0.25) is 4.79 Å². The number of nitrogens with one attached hydrogen (secondary N) is 1. The number of amides is 1. The Labute approximate surface area is 119 Å². The van der Waals surface area contributed by atoms with Crippen molar-refractivity contribution in [3.8, 4) is 0 Å². The summed E-state index contributed by atoms with van der Waals surface area (Å²) >= 11 is 1.56. The van der Waals surface area contributed by atoms with Crippen LogP contribution in [-0.4, -0.2) is 41.1 Å². The molecule has 0 heterocycles. The lowest BCUT2D eigenvalue weighted by molar-refractivity contribution is -0.141. The highest BCUT2D eigenvalue weighted by Crippen LogP contribution is 2.21. The average molecular weight is 290 g/mol. The van der Waals surface area contributed by atoms with Crippen molar-refractivity contribution in [1.82, 2.24) is 5.32 Å². The zero-order valence-electron chi connectivity index (χ0n) is 12.2. The third-order valence-electron chi connectivity index (χ3n) is 2.57. The summed E-state index contributed by atoms with van der Waals surface area (Å²) in [6, 6.07) is -1.06. The van der Waals surface area contributed by atoms with Crippen LogP contribution in [0.5, 0.6) is 0 Å². The third-order valence-corrected chi connectivity index (χ3v) is 3.21. The van der Waals surface area contributed by atoms with Crippen molar-refractivity contribution in [1.29, 1.82) is 0 Å². The molecule has 0 bridgehead atoms. The summed E-state index contributed by atoms with van der Waals surface area (Å²) in [5.41, 5.74) is 5.96. The molecule has 1 unspecified atom stereocenters. The maximum atomic E-state index is 11.8. The summed E-state index contributed by atoms with van der Waals surface area (Å²) in [6.45, 7) is 6.18. The van der Waals surface area contributed by atoms with E-state index in [0.717, 1.165) is 6.42 Å². The SMILES string of the molecule is CSCC[C@@H](NC(=O)CC(N)CC(C)(C)C)C(=O)O. The number of carboxylic acid groups (broad SMARTS) is 1. The lowest BCUT2D eigenvalue weighted by atomic mass is 9.87. The highest BCUT2D eigenvalue weighted by Gasteiger charge is 2.22. The van der Waals surface area contributed by atoms with E-state index in [1.807, 2.05) is 6.26 Å². The van der Waals surface area contributed by atoms with Crippen molar-refractivity contribution >= 4 is 23.6 Å². The van der Waals surface area contributed by atoms with E-state index >= 15 is 0 Å². The first kappa shape index (κ1) is 18.2. The standard InChI is InChI=1S/C13H26N2O3S/c1-13(2,3)8-9(14)7-11(16)15-10(12(17)18)5-6-19-4/h9-10H,5-8,14H2,1-4H3,(H,15,16)(H,17,18)/t9?,10-/m1/s1. The Hall–Kier alpha value is -0.750. The zero-order chi connectivity index (χ0) is 15.1. The van der Waals surface area contributed by atoms with Gasteiger partial charge in [0.1, 0.15) is 6.04 Å². The molecule has 112 valence electrons. The molecule has 1 amide bonds. The topological polar surface area (TPSA) is 92.4 Å². The molecule has 19 heavy (non-hydrogen) atoms. The predicted octanol–water partition coefficient (Wildman–Crippen LogP) is 1.46. The van der Waals surface area contributed by atoms with E-state index in [1.165, 1.54) is 0 Å². The molecule has 0 aromatic rings. The molecular formula is C13H26N2O3S. The number of rotatable bonds is 8. The number of carbonyl (C=O) groups excluding carboxylic acids is 1. The van der Waals surface area contributed by atoms with Crippen LogP contribution in [0.4, 0.5) is 0 Å². The fourth-order valence-corrected chi connectivity index (χ4v) is 2.31. The molecule has 4 N–H and O–H groups in total. The summed E-state index contributed by atoms with van der Waals surface area (Å²) in [5.74, 6) is -0.581. The van der Waals surface area contributed by atoms with Gasteiger partial charge in [0.05, 0.1) is 0 Å². The molecule has 0 fully saturated rings. The Morgan fingerprint density at radius 2 is 1.95 bits per heavy atom. The molecule has 0 saturated carbocycles. The highest BCUT2D eigenvalue weighted by molar-refractivity contribution is 7.98. The highest BCUT2D eigenvalue weighted by atomic mass is 32.2. The molecule has 0 aromatic carbocycles. The second kappa shape index (κ2) is 8.43. The van der Waals surface area contributed by atoms with Crippen LogP contribution >= 0.6 is 11.8 Å². The van der Waals surface area contributed by atoms with E-state index in [-0.39, 0.29) is 23.8 Å². The van der Waals surface area contributed by atoms with Crippen LogP contribution in [0.25, 0.3) is 0 Å². The van der Waals surface area contributed by atoms with Crippen LogP contribution in [0.15, 0.2) is 0 Å². The van der Waals surface area contributed by atoms with Crippen molar-refractivity contribution < 1.29 is 14.7 Å². The van der Waals surface area contributed by atoms with Crippen LogP contribution in [0.2, 0.25) is 0 Å². The second-order valence-corrected chi connectivity index (χ2v) is 6.95. The minimum absolute atomic E-state index is 0.0603. The molecule has 5 nitrogen and oxygen atoms in total. The fraction of sp³-hybridized carbons (Fsp3) is 0.846. The van der Waals surface area contributed by atoms with E-state index in [9.17, 15) is 9.59 Å². The molecule has 0 spiro atoms. The normalized spacial score (nSPS) is 14.8. The van der Waals surface area contributed by atoms with Gasteiger partial charge >= 0.3 is 5.97 Å². The Balaban J connectivity index is 4.22. The van der Waals surface area contributed by atoms with Gasteiger partial charge < -0.3 is 16.2 Å². The molecule has 0 rings (SSSR count). The summed E-state index contributed by atoms with van der Waals surface area (Å²) in [6.07, 6.45) is 3.22. The lowest BCUT2D eigenvalue weighted by Gasteiger charge is -2.23. The molecule has 0 aliphatic rings. The lowest BCUT2D eigenvalue weighted by Crippen LogP contribution is -2.43. The van der Waals surface area contributed by atoms with Crippen LogP contribution in [0.1, 0.15) is 40.0 Å². The Morgan fingerprint density at radius 1 is 1.37 bits per heavy atom. The van der Waals surface area contributed by atoms with E-state index in [4.69, 9.17) is 10.8 Å². The number of thioether (sulfide) groups is 1. The van der Waals surface area contributed by atoms with E-state index < -0.39 is 12.0 Å². The van der Waals surface area contributed by atoms with Gasteiger partial charge in [0, 0.05) is 12.5 Å². The predicted molar refractivity (Wildman–Crippen MR) is 79.2 cm³/mol. The molecular weight excluding hydrogens is 264 g/mol. The molecule has 0 radical (unpaired) electrons. The minimum atomic E-state index is -0.994. The Kier molecular flexibility index (Phi) is 8.09.